The summed E-state index contributed by atoms with van der Waals surface area (Å²) in [5.74, 6) is 0.442. The van der Waals surface area contributed by atoms with E-state index >= 15 is 0 Å². The van der Waals surface area contributed by atoms with Gasteiger partial charge in [-0.05, 0) is 29.8 Å². The fraction of sp³-hybridized carbons (Fsp3) is 0.0435. The second-order valence-corrected chi connectivity index (χ2v) is 6.45. The Bertz CT molecular complexity index is 1020. The summed E-state index contributed by atoms with van der Waals surface area (Å²) in [7, 11) is 0. The minimum atomic E-state index is -0.330. The van der Waals surface area contributed by atoms with E-state index in [9.17, 15) is 4.79 Å². The van der Waals surface area contributed by atoms with Crippen LogP contribution in [0, 0.1) is 0 Å². The molecule has 1 unspecified atom stereocenters. The van der Waals surface area contributed by atoms with E-state index in [1.54, 1.807) is 4.90 Å². The first-order chi connectivity index (χ1) is 12.8. The third-order valence-corrected chi connectivity index (χ3v) is 4.87. The number of rotatable bonds is 2. The number of hydrogen-bond acceptors (Lipinski definition) is 2. The monoisotopic (exact) mass is 336 g/mol. The van der Waals surface area contributed by atoms with Crippen LogP contribution in [0.4, 0.5) is 11.5 Å². The highest BCUT2D eigenvalue weighted by Crippen LogP contribution is 2.44. The van der Waals surface area contributed by atoms with E-state index in [1.807, 2.05) is 84.9 Å². The van der Waals surface area contributed by atoms with Gasteiger partial charge >= 0.3 is 0 Å². The topological polar surface area (TPSA) is 33.2 Å². The molecule has 124 valence electrons. The molecule has 1 aromatic heterocycles. The molecule has 5 rings (SSSR count). The van der Waals surface area contributed by atoms with E-state index in [0.29, 0.717) is 0 Å². The Morgan fingerprint density at radius 1 is 0.769 bits per heavy atom. The summed E-state index contributed by atoms with van der Waals surface area (Å²) in [4.78, 5) is 20.0. The zero-order chi connectivity index (χ0) is 17.5. The summed E-state index contributed by atoms with van der Waals surface area (Å²) in [6, 6.07) is 29.8. The molecule has 3 heteroatoms. The molecule has 0 spiro atoms. The highest BCUT2D eigenvalue weighted by atomic mass is 16.2. The number of nitrogens with zero attached hydrogens (tertiary/aromatic N) is 2. The van der Waals surface area contributed by atoms with Gasteiger partial charge in [-0.2, -0.15) is 0 Å². The molecule has 0 radical (unpaired) electrons. The Labute approximate surface area is 151 Å². The predicted octanol–water partition coefficient (Wildman–Crippen LogP) is 5.05. The van der Waals surface area contributed by atoms with Crippen molar-refractivity contribution in [3.8, 4) is 0 Å². The fourth-order valence-corrected chi connectivity index (χ4v) is 3.67. The van der Waals surface area contributed by atoms with E-state index in [4.69, 9.17) is 4.98 Å². The Hall–Kier alpha value is -3.46. The maximum atomic E-state index is 13.4. The maximum absolute atomic E-state index is 13.4. The van der Waals surface area contributed by atoms with Crippen LogP contribution in [0.2, 0.25) is 0 Å². The number of anilines is 2. The van der Waals surface area contributed by atoms with Crippen molar-refractivity contribution < 1.29 is 4.79 Å². The average molecular weight is 336 g/mol. The molecule has 0 saturated carbocycles. The molecule has 1 aliphatic rings. The molecule has 0 fully saturated rings. The molecule has 4 aromatic rings. The second kappa shape index (κ2) is 5.81. The Morgan fingerprint density at radius 3 is 2.19 bits per heavy atom. The van der Waals surface area contributed by atoms with E-state index in [1.165, 1.54) is 0 Å². The van der Waals surface area contributed by atoms with Crippen LogP contribution in [-0.2, 0) is 4.79 Å². The summed E-state index contributed by atoms with van der Waals surface area (Å²) in [6.45, 7) is 0. The highest BCUT2D eigenvalue weighted by Gasteiger charge is 2.40. The average Bonchev–Trinajstić information content (AvgIpc) is 2.98. The number of pyridine rings is 1. The van der Waals surface area contributed by atoms with Crippen molar-refractivity contribution in [1.82, 2.24) is 4.98 Å². The van der Waals surface area contributed by atoms with Crippen LogP contribution >= 0.6 is 0 Å². The van der Waals surface area contributed by atoms with Gasteiger partial charge in [-0.3, -0.25) is 9.69 Å². The summed E-state index contributed by atoms with van der Waals surface area (Å²) >= 11 is 0. The van der Waals surface area contributed by atoms with E-state index in [-0.39, 0.29) is 11.8 Å². The van der Waals surface area contributed by atoms with Crippen molar-refractivity contribution in [2.75, 3.05) is 4.90 Å². The minimum Gasteiger partial charge on any atom is -0.273 e. The van der Waals surface area contributed by atoms with Gasteiger partial charge in [-0.1, -0.05) is 66.7 Å². The zero-order valence-corrected chi connectivity index (χ0v) is 14.0. The van der Waals surface area contributed by atoms with Crippen LogP contribution in [0.3, 0.4) is 0 Å². The Balaban J connectivity index is 1.78. The normalized spacial score (nSPS) is 16.1. The summed E-state index contributed by atoms with van der Waals surface area (Å²) in [5.41, 5.74) is 3.70. The number of carbonyl (C=O) groups excluding carboxylic acids is 1. The van der Waals surface area contributed by atoms with Gasteiger partial charge in [0.2, 0.25) is 5.91 Å². The smallest absolute Gasteiger partial charge is 0.244 e. The lowest BCUT2D eigenvalue weighted by molar-refractivity contribution is -0.117. The van der Waals surface area contributed by atoms with Crippen molar-refractivity contribution in [2.45, 2.75) is 5.92 Å². The van der Waals surface area contributed by atoms with Crippen molar-refractivity contribution in [1.29, 1.82) is 0 Å². The lowest BCUT2D eigenvalue weighted by atomic mass is 9.93. The van der Waals surface area contributed by atoms with Gasteiger partial charge in [0, 0.05) is 10.9 Å². The summed E-state index contributed by atoms with van der Waals surface area (Å²) < 4.78 is 0. The van der Waals surface area contributed by atoms with Gasteiger partial charge in [-0.15, -0.1) is 0 Å². The molecule has 0 saturated heterocycles. The van der Waals surface area contributed by atoms with Crippen molar-refractivity contribution in [3.05, 3.63) is 102 Å². The maximum Gasteiger partial charge on any atom is 0.244 e. The predicted molar refractivity (Wildman–Crippen MR) is 104 cm³/mol. The first-order valence-electron chi connectivity index (χ1n) is 8.66. The Morgan fingerprint density at radius 2 is 1.42 bits per heavy atom. The number of amides is 1. The van der Waals surface area contributed by atoms with Crippen LogP contribution < -0.4 is 4.90 Å². The quantitative estimate of drug-likeness (QED) is 0.513. The zero-order valence-electron chi connectivity index (χ0n) is 14.0. The van der Waals surface area contributed by atoms with Crippen LogP contribution in [0.15, 0.2) is 91.0 Å². The van der Waals surface area contributed by atoms with Gasteiger partial charge in [0.25, 0.3) is 0 Å². The lowest BCUT2D eigenvalue weighted by Crippen LogP contribution is -2.24. The standard InChI is InChI=1S/C23H16N2O/c26-23-21(16-9-3-1-4-10-16)19-15-17-11-7-8-14-20(17)24-22(19)25(23)18-12-5-2-6-13-18/h1-15,21H. The SMILES string of the molecule is O=C1C(c2ccccc2)c2cc3ccccc3nc2N1c1ccccc1. The minimum absolute atomic E-state index is 0.0419. The Kier molecular flexibility index (Phi) is 3.32. The summed E-state index contributed by atoms with van der Waals surface area (Å²) in [6.07, 6.45) is 0. The number of aromatic nitrogens is 1. The van der Waals surface area contributed by atoms with E-state index in [2.05, 4.69) is 6.07 Å². The molecule has 0 N–H and O–H groups in total. The van der Waals surface area contributed by atoms with Crippen molar-refractivity contribution in [3.63, 3.8) is 0 Å². The van der Waals surface area contributed by atoms with E-state index < -0.39 is 0 Å². The van der Waals surface area contributed by atoms with Crippen LogP contribution in [0.1, 0.15) is 17.0 Å². The molecular formula is C23H16N2O. The molecule has 1 atom stereocenters. The highest BCUT2D eigenvalue weighted by molar-refractivity contribution is 6.12. The number of hydrogen-bond donors (Lipinski definition) is 0. The molecule has 3 nitrogen and oxygen atoms in total. The van der Waals surface area contributed by atoms with Crippen LogP contribution in [0.5, 0.6) is 0 Å². The molecule has 26 heavy (non-hydrogen) atoms. The third kappa shape index (κ3) is 2.21. The van der Waals surface area contributed by atoms with Gasteiger partial charge < -0.3 is 0 Å². The van der Waals surface area contributed by atoms with Crippen molar-refractivity contribution >= 4 is 28.3 Å². The van der Waals surface area contributed by atoms with Crippen molar-refractivity contribution in [2.24, 2.45) is 0 Å². The first-order valence-corrected chi connectivity index (χ1v) is 8.66. The number of benzene rings is 3. The summed E-state index contributed by atoms with van der Waals surface area (Å²) in [5, 5.41) is 1.05. The molecule has 0 bridgehead atoms. The number of fused-ring (bicyclic) bond motifs is 2. The van der Waals surface area contributed by atoms with E-state index in [0.717, 1.165) is 33.5 Å². The van der Waals surface area contributed by atoms with Crippen LogP contribution in [0.25, 0.3) is 10.9 Å². The molecule has 3 aromatic carbocycles. The number of carbonyl (C=O) groups is 1. The molecule has 2 heterocycles. The lowest BCUT2D eigenvalue weighted by Gasteiger charge is -2.17. The number of para-hydroxylation sites is 2. The molecule has 0 aliphatic carbocycles. The second-order valence-electron chi connectivity index (χ2n) is 6.45. The van der Waals surface area contributed by atoms with Gasteiger partial charge in [-0.25, -0.2) is 4.98 Å². The fourth-order valence-electron chi connectivity index (χ4n) is 3.67. The molecular weight excluding hydrogens is 320 g/mol. The van der Waals surface area contributed by atoms with Gasteiger partial charge in [0.15, 0.2) is 0 Å². The van der Waals surface area contributed by atoms with Gasteiger partial charge in [0.05, 0.1) is 17.1 Å². The first kappa shape index (κ1) is 14.8. The van der Waals surface area contributed by atoms with Crippen LogP contribution in [-0.4, -0.2) is 10.9 Å². The van der Waals surface area contributed by atoms with Gasteiger partial charge in [0.1, 0.15) is 5.82 Å². The molecule has 1 amide bonds. The molecule has 1 aliphatic heterocycles. The largest absolute Gasteiger partial charge is 0.273 e. The third-order valence-electron chi connectivity index (χ3n) is 4.87.